The van der Waals surface area contributed by atoms with Crippen molar-refractivity contribution in [2.75, 3.05) is 6.61 Å². The van der Waals surface area contributed by atoms with Crippen LogP contribution >= 0.6 is 34.2 Å². The van der Waals surface area contributed by atoms with Gasteiger partial charge in [0.2, 0.25) is 5.88 Å². The quantitative estimate of drug-likeness (QED) is 0.353. The van der Waals surface area contributed by atoms with Crippen molar-refractivity contribution < 1.29 is 13.9 Å². The minimum atomic E-state index is -0.731. The molecule has 1 atom stereocenters. The Kier molecular flexibility index (Phi) is 7.01. The van der Waals surface area contributed by atoms with Gasteiger partial charge in [-0.2, -0.15) is 4.39 Å². The van der Waals surface area contributed by atoms with Gasteiger partial charge in [-0.15, -0.1) is 0 Å². The third-order valence-corrected chi connectivity index (χ3v) is 4.15. The fraction of sp³-hybridized carbons (Fsp3) is 0.278. The second kappa shape index (κ2) is 8.78. The molecule has 0 bridgehead atoms. The van der Waals surface area contributed by atoms with Crippen molar-refractivity contribution in [2.45, 2.75) is 18.0 Å². The third kappa shape index (κ3) is 6.37. The van der Waals surface area contributed by atoms with Crippen LogP contribution < -0.4 is 4.74 Å². The first-order valence-electron chi connectivity index (χ1n) is 7.35. The standard InChI is InChI=1S/C18H18ClFINO2/c1-18(2,11-15(19)20)12-23-17(21)14-9-6-10-16(22-14)24-13-7-4-3-5-8-13/h3-11,17H,12H2,1-2H3. The molecule has 0 aliphatic carbocycles. The van der Waals surface area contributed by atoms with Crippen molar-refractivity contribution in [1.82, 2.24) is 4.98 Å². The van der Waals surface area contributed by atoms with Crippen LogP contribution in [0.4, 0.5) is 4.39 Å². The molecule has 0 saturated heterocycles. The maximum absolute atomic E-state index is 12.8. The lowest BCUT2D eigenvalue weighted by molar-refractivity contribution is 0.0718. The number of nitrogens with zero attached hydrogens (tertiary/aromatic N) is 1. The van der Waals surface area contributed by atoms with Gasteiger partial charge < -0.3 is 9.47 Å². The lowest BCUT2D eigenvalue weighted by atomic mass is 9.95. The molecule has 0 saturated carbocycles. The van der Waals surface area contributed by atoms with Gasteiger partial charge in [0.1, 0.15) is 5.75 Å². The summed E-state index contributed by atoms with van der Waals surface area (Å²) < 4.78 is 24.1. The molecule has 3 nitrogen and oxygen atoms in total. The molecular weight excluding hydrogens is 444 g/mol. The number of ether oxygens (including phenoxy) is 2. The zero-order valence-electron chi connectivity index (χ0n) is 13.4. The minimum absolute atomic E-state index is 0.284. The van der Waals surface area contributed by atoms with Crippen LogP contribution in [0.15, 0.2) is 59.9 Å². The maximum atomic E-state index is 12.8. The lowest BCUT2D eigenvalue weighted by Crippen LogP contribution is -2.17. The van der Waals surface area contributed by atoms with Gasteiger partial charge in [-0.25, -0.2) is 4.98 Å². The van der Waals surface area contributed by atoms with E-state index in [-0.39, 0.29) is 4.11 Å². The maximum Gasteiger partial charge on any atom is 0.219 e. The summed E-state index contributed by atoms with van der Waals surface area (Å²) in [6.07, 6.45) is 1.33. The summed E-state index contributed by atoms with van der Waals surface area (Å²) in [6.45, 7) is 4.01. The minimum Gasteiger partial charge on any atom is -0.439 e. The average Bonchev–Trinajstić information content (AvgIpc) is 2.53. The van der Waals surface area contributed by atoms with Crippen LogP contribution in [0.25, 0.3) is 0 Å². The highest BCUT2D eigenvalue weighted by molar-refractivity contribution is 14.1. The predicted octanol–water partition coefficient (Wildman–Crippen LogP) is 6.40. The lowest BCUT2D eigenvalue weighted by Gasteiger charge is -2.22. The Morgan fingerprint density at radius 2 is 1.96 bits per heavy atom. The summed E-state index contributed by atoms with van der Waals surface area (Å²) in [5, 5.41) is -0.731. The van der Waals surface area contributed by atoms with Gasteiger partial charge in [0, 0.05) is 11.5 Å². The number of halogens is 3. The van der Waals surface area contributed by atoms with Crippen molar-refractivity contribution in [3.05, 3.63) is 65.6 Å². The van der Waals surface area contributed by atoms with Crippen LogP contribution in [-0.2, 0) is 4.74 Å². The molecule has 1 aromatic heterocycles. The number of benzene rings is 1. The van der Waals surface area contributed by atoms with Crippen molar-refractivity contribution in [2.24, 2.45) is 5.41 Å². The molecule has 2 rings (SSSR count). The second-order valence-corrected chi connectivity index (χ2v) is 7.36. The molecule has 128 valence electrons. The summed E-state index contributed by atoms with van der Waals surface area (Å²) in [7, 11) is 0. The number of hydrogen-bond donors (Lipinski definition) is 0. The third-order valence-electron chi connectivity index (χ3n) is 3.04. The van der Waals surface area contributed by atoms with E-state index in [1.165, 1.54) is 6.08 Å². The largest absolute Gasteiger partial charge is 0.439 e. The van der Waals surface area contributed by atoms with Gasteiger partial charge in [-0.3, -0.25) is 0 Å². The number of hydrogen-bond acceptors (Lipinski definition) is 3. The number of rotatable bonds is 7. The van der Waals surface area contributed by atoms with Crippen LogP contribution in [0.5, 0.6) is 11.6 Å². The fourth-order valence-electron chi connectivity index (χ4n) is 1.93. The summed E-state index contributed by atoms with van der Waals surface area (Å²) in [5.74, 6) is 1.21. The van der Waals surface area contributed by atoms with Crippen LogP contribution in [-0.4, -0.2) is 11.6 Å². The Hall–Kier alpha value is -1.18. The van der Waals surface area contributed by atoms with Crippen molar-refractivity contribution in [3.63, 3.8) is 0 Å². The Balaban J connectivity index is 2.01. The first kappa shape index (κ1) is 19.1. The monoisotopic (exact) mass is 461 g/mol. The Morgan fingerprint density at radius 1 is 1.25 bits per heavy atom. The first-order chi connectivity index (χ1) is 11.4. The number of aromatic nitrogens is 1. The second-order valence-electron chi connectivity index (χ2n) is 5.87. The van der Waals surface area contributed by atoms with Gasteiger partial charge in [-0.1, -0.05) is 49.7 Å². The highest BCUT2D eigenvalue weighted by Crippen LogP contribution is 2.30. The molecule has 1 aromatic carbocycles. The van der Waals surface area contributed by atoms with Gasteiger partial charge in [0.25, 0.3) is 0 Å². The zero-order chi connectivity index (χ0) is 17.6. The van der Waals surface area contributed by atoms with Gasteiger partial charge >= 0.3 is 0 Å². The van der Waals surface area contributed by atoms with E-state index >= 15 is 0 Å². The van der Waals surface area contributed by atoms with E-state index in [4.69, 9.17) is 21.1 Å². The predicted molar refractivity (Wildman–Crippen MR) is 102 cm³/mol. The molecular formula is C18H18ClFINO2. The van der Waals surface area contributed by atoms with Gasteiger partial charge in [-0.05, 0) is 46.9 Å². The molecule has 6 heteroatoms. The number of pyridine rings is 1. The van der Waals surface area contributed by atoms with Crippen LogP contribution in [0, 0.1) is 5.41 Å². The van der Waals surface area contributed by atoms with Crippen LogP contribution in [0.3, 0.4) is 0 Å². The first-order valence-corrected chi connectivity index (χ1v) is 8.97. The van der Waals surface area contributed by atoms with Crippen molar-refractivity contribution in [1.29, 1.82) is 0 Å². The summed E-state index contributed by atoms with van der Waals surface area (Å²) in [5.41, 5.74) is 0.225. The van der Waals surface area contributed by atoms with E-state index in [9.17, 15) is 4.39 Å². The van der Waals surface area contributed by atoms with Gasteiger partial charge in [0.05, 0.1) is 12.3 Å². The molecule has 0 N–H and O–H groups in total. The SMILES string of the molecule is CC(C)(C=C(F)Cl)COC(I)c1cccc(Oc2ccccc2)n1. The van der Waals surface area contributed by atoms with Crippen LogP contribution in [0.2, 0.25) is 0 Å². The topological polar surface area (TPSA) is 31.4 Å². The summed E-state index contributed by atoms with van der Waals surface area (Å²) >= 11 is 7.44. The van der Waals surface area contributed by atoms with E-state index in [0.717, 1.165) is 11.4 Å². The van der Waals surface area contributed by atoms with E-state index in [2.05, 4.69) is 27.6 Å². The molecule has 0 radical (unpaired) electrons. The number of alkyl halides is 1. The summed E-state index contributed by atoms with van der Waals surface area (Å²) in [6, 6.07) is 15.0. The van der Waals surface area contributed by atoms with Crippen molar-refractivity contribution in [3.8, 4) is 11.6 Å². The molecule has 1 unspecified atom stereocenters. The Labute approximate surface area is 160 Å². The van der Waals surface area contributed by atoms with E-state index in [0.29, 0.717) is 12.5 Å². The molecule has 0 amide bonds. The van der Waals surface area contributed by atoms with Crippen LogP contribution in [0.1, 0.15) is 23.7 Å². The number of para-hydroxylation sites is 1. The molecule has 24 heavy (non-hydrogen) atoms. The van der Waals surface area contributed by atoms with Crippen molar-refractivity contribution >= 4 is 34.2 Å². The molecule has 1 heterocycles. The Bertz CT molecular complexity index is 690. The molecule has 0 spiro atoms. The highest BCUT2D eigenvalue weighted by atomic mass is 127. The zero-order valence-corrected chi connectivity index (χ0v) is 16.3. The molecule has 0 fully saturated rings. The average molecular weight is 462 g/mol. The fourth-order valence-corrected chi connectivity index (χ4v) is 2.76. The highest BCUT2D eigenvalue weighted by Gasteiger charge is 2.20. The molecule has 0 aliphatic heterocycles. The normalized spacial score (nSPS) is 13.6. The summed E-state index contributed by atoms with van der Waals surface area (Å²) in [4.78, 5) is 4.46. The molecule has 0 aliphatic rings. The van der Waals surface area contributed by atoms with E-state index in [1.807, 2.05) is 56.3 Å². The Morgan fingerprint density at radius 3 is 2.62 bits per heavy atom. The van der Waals surface area contributed by atoms with E-state index in [1.54, 1.807) is 6.07 Å². The van der Waals surface area contributed by atoms with E-state index < -0.39 is 10.7 Å². The van der Waals surface area contributed by atoms with Gasteiger partial charge in [0.15, 0.2) is 9.40 Å². The smallest absolute Gasteiger partial charge is 0.219 e. The molecule has 2 aromatic rings.